The summed E-state index contributed by atoms with van der Waals surface area (Å²) < 4.78 is 14.6. The van der Waals surface area contributed by atoms with Crippen molar-refractivity contribution >= 4 is 11.8 Å². The molecule has 0 saturated heterocycles. The first kappa shape index (κ1) is 10.0. The number of aryl methyl sites for hydroxylation is 1. The van der Waals surface area contributed by atoms with Crippen molar-refractivity contribution in [3.63, 3.8) is 0 Å². The average molecular weight is 225 g/mol. The average Bonchev–Trinajstić information content (AvgIpc) is 2.50. The Morgan fingerprint density at radius 2 is 2.13 bits per heavy atom. The Balaban J connectivity index is 2.26. The van der Waals surface area contributed by atoms with Crippen LogP contribution in [0.4, 0.5) is 4.39 Å². The second kappa shape index (κ2) is 3.93. The Bertz CT molecular complexity index is 484. The third-order valence-electron chi connectivity index (χ3n) is 1.86. The Morgan fingerprint density at radius 3 is 2.73 bits per heavy atom. The van der Waals surface area contributed by atoms with E-state index >= 15 is 0 Å². The van der Waals surface area contributed by atoms with Crippen LogP contribution in [0, 0.1) is 12.9 Å². The predicted octanol–water partition coefficient (Wildman–Crippen LogP) is 1.20. The molecule has 0 atom stereocenters. The minimum atomic E-state index is -0.550. The summed E-state index contributed by atoms with van der Waals surface area (Å²) in [7, 11) is 1.84. The van der Waals surface area contributed by atoms with E-state index in [1.165, 1.54) is 24.2 Å². The van der Waals surface area contributed by atoms with Gasteiger partial charge in [-0.1, -0.05) is 0 Å². The monoisotopic (exact) mass is 225 g/mol. The van der Waals surface area contributed by atoms with Gasteiger partial charge in [-0.25, -0.2) is 9.97 Å². The zero-order valence-electron chi connectivity index (χ0n) is 8.18. The van der Waals surface area contributed by atoms with Crippen LogP contribution in [0.1, 0.15) is 5.82 Å². The highest BCUT2D eigenvalue weighted by atomic mass is 32.2. The van der Waals surface area contributed by atoms with Crippen LogP contribution in [0.5, 0.6) is 0 Å². The van der Waals surface area contributed by atoms with Crippen molar-refractivity contribution in [2.24, 2.45) is 7.05 Å². The molecule has 78 valence electrons. The van der Waals surface area contributed by atoms with Gasteiger partial charge in [0, 0.05) is 13.1 Å². The Labute approximate surface area is 89.8 Å². The van der Waals surface area contributed by atoms with Crippen LogP contribution in [0.3, 0.4) is 0 Å². The summed E-state index contributed by atoms with van der Waals surface area (Å²) >= 11 is 1.25. The minimum Gasteiger partial charge on any atom is -0.309 e. The van der Waals surface area contributed by atoms with Crippen molar-refractivity contribution < 1.29 is 4.39 Å². The van der Waals surface area contributed by atoms with Crippen molar-refractivity contribution in [1.29, 1.82) is 0 Å². The Kier molecular flexibility index (Phi) is 2.63. The number of hydrogen-bond acceptors (Lipinski definition) is 5. The summed E-state index contributed by atoms with van der Waals surface area (Å²) in [6.45, 7) is 1.84. The quantitative estimate of drug-likeness (QED) is 0.719. The second-order valence-electron chi connectivity index (χ2n) is 2.87. The van der Waals surface area contributed by atoms with Gasteiger partial charge in [0.15, 0.2) is 5.16 Å². The van der Waals surface area contributed by atoms with Gasteiger partial charge in [0.25, 0.3) is 0 Å². The molecule has 0 spiro atoms. The summed E-state index contributed by atoms with van der Waals surface area (Å²) in [6.07, 6.45) is 1.18. The van der Waals surface area contributed by atoms with Crippen LogP contribution in [0.15, 0.2) is 22.6 Å². The van der Waals surface area contributed by atoms with Crippen LogP contribution >= 0.6 is 11.8 Å². The first-order valence-corrected chi connectivity index (χ1v) is 5.00. The molecular weight excluding hydrogens is 217 g/mol. The van der Waals surface area contributed by atoms with E-state index in [-0.39, 0.29) is 0 Å². The Morgan fingerprint density at radius 1 is 1.33 bits per heavy atom. The molecule has 5 nitrogen and oxygen atoms in total. The maximum atomic E-state index is 12.8. The molecule has 0 aliphatic rings. The highest BCUT2D eigenvalue weighted by Gasteiger charge is 2.08. The normalized spacial score (nSPS) is 10.6. The highest BCUT2D eigenvalue weighted by Crippen LogP contribution is 2.23. The van der Waals surface area contributed by atoms with E-state index in [4.69, 9.17) is 0 Å². The molecule has 0 radical (unpaired) electrons. The topological polar surface area (TPSA) is 56.5 Å². The second-order valence-corrected chi connectivity index (χ2v) is 3.86. The Hall–Kier alpha value is -1.50. The zero-order valence-corrected chi connectivity index (χ0v) is 8.99. The fraction of sp³-hybridized carbons (Fsp3) is 0.250. The lowest BCUT2D eigenvalue weighted by Gasteiger charge is -1.99. The molecule has 0 aliphatic carbocycles. The standard InChI is InChI=1S/C8H8FN5S/c1-5-12-13-8(14(5)2)15-7-3-6(9)10-4-11-7/h3-4H,1-2H3. The zero-order chi connectivity index (χ0) is 10.8. The smallest absolute Gasteiger partial charge is 0.217 e. The first-order chi connectivity index (χ1) is 7.16. The van der Waals surface area contributed by atoms with E-state index < -0.39 is 5.95 Å². The van der Waals surface area contributed by atoms with E-state index in [2.05, 4.69) is 20.2 Å². The maximum absolute atomic E-state index is 12.8. The maximum Gasteiger partial charge on any atom is 0.217 e. The lowest BCUT2D eigenvalue weighted by Crippen LogP contribution is -1.94. The molecule has 0 saturated carbocycles. The van der Waals surface area contributed by atoms with Gasteiger partial charge in [-0.3, -0.25) is 0 Å². The summed E-state index contributed by atoms with van der Waals surface area (Å²) in [5.74, 6) is 0.249. The predicted molar refractivity (Wildman–Crippen MR) is 51.9 cm³/mol. The molecule has 0 unspecified atom stereocenters. The van der Waals surface area contributed by atoms with Crippen molar-refractivity contribution in [2.75, 3.05) is 0 Å². The largest absolute Gasteiger partial charge is 0.309 e. The van der Waals surface area contributed by atoms with Crippen LogP contribution in [0.2, 0.25) is 0 Å². The molecule has 2 aromatic heterocycles. The molecule has 0 amide bonds. The van der Waals surface area contributed by atoms with Gasteiger partial charge in [0.05, 0.1) is 0 Å². The van der Waals surface area contributed by atoms with E-state index in [1.807, 2.05) is 18.5 Å². The number of hydrogen-bond donors (Lipinski definition) is 0. The van der Waals surface area contributed by atoms with Crippen molar-refractivity contribution in [1.82, 2.24) is 24.7 Å². The van der Waals surface area contributed by atoms with Gasteiger partial charge in [0.2, 0.25) is 5.95 Å². The fourth-order valence-electron chi connectivity index (χ4n) is 0.943. The van der Waals surface area contributed by atoms with Crippen molar-refractivity contribution in [3.05, 3.63) is 24.2 Å². The molecule has 2 aromatic rings. The number of halogens is 1. The molecule has 7 heteroatoms. The fourth-order valence-corrected chi connectivity index (χ4v) is 1.74. The van der Waals surface area contributed by atoms with Crippen LogP contribution in [-0.2, 0) is 7.05 Å². The van der Waals surface area contributed by atoms with Crippen molar-refractivity contribution in [3.8, 4) is 0 Å². The summed E-state index contributed by atoms with van der Waals surface area (Å²) in [4.78, 5) is 7.29. The van der Waals surface area contributed by atoms with Gasteiger partial charge in [-0.05, 0) is 18.7 Å². The van der Waals surface area contributed by atoms with Gasteiger partial charge in [-0.2, -0.15) is 4.39 Å². The molecule has 2 heterocycles. The van der Waals surface area contributed by atoms with Crippen LogP contribution in [0.25, 0.3) is 0 Å². The van der Waals surface area contributed by atoms with Gasteiger partial charge in [-0.15, -0.1) is 10.2 Å². The lowest BCUT2D eigenvalue weighted by atomic mass is 10.7. The van der Waals surface area contributed by atoms with E-state index in [0.29, 0.717) is 10.2 Å². The highest BCUT2D eigenvalue weighted by molar-refractivity contribution is 7.99. The van der Waals surface area contributed by atoms with E-state index in [1.54, 1.807) is 0 Å². The van der Waals surface area contributed by atoms with Crippen LogP contribution in [-0.4, -0.2) is 24.7 Å². The molecule has 0 aliphatic heterocycles. The number of aromatic nitrogens is 5. The summed E-state index contributed by atoms with van der Waals surface area (Å²) in [5.41, 5.74) is 0. The molecule has 0 bridgehead atoms. The minimum absolute atomic E-state index is 0.512. The molecule has 0 fully saturated rings. The first-order valence-electron chi connectivity index (χ1n) is 4.18. The summed E-state index contributed by atoms with van der Waals surface area (Å²) in [5, 5.41) is 9.01. The van der Waals surface area contributed by atoms with Gasteiger partial charge < -0.3 is 4.57 Å². The third kappa shape index (κ3) is 2.12. The van der Waals surface area contributed by atoms with Gasteiger partial charge >= 0.3 is 0 Å². The van der Waals surface area contributed by atoms with Gasteiger partial charge in [0.1, 0.15) is 17.2 Å². The molecular formula is C8H8FN5S. The van der Waals surface area contributed by atoms with Crippen molar-refractivity contribution in [2.45, 2.75) is 17.1 Å². The molecule has 0 N–H and O–H groups in total. The molecule has 15 heavy (non-hydrogen) atoms. The van der Waals surface area contributed by atoms with E-state index in [0.717, 1.165) is 5.82 Å². The molecule has 0 aromatic carbocycles. The number of nitrogens with zero attached hydrogens (tertiary/aromatic N) is 5. The SMILES string of the molecule is Cc1nnc(Sc2cc(F)ncn2)n1C. The lowest BCUT2D eigenvalue weighted by molar-refractivity contribution is 0.572. The van der Waals surface area contributed by atoms with E-state index in [9.17, 15) is 4.39 Å². The number of rotatable bonds is 2. The molecule has 2 rings (SSSR count). The summed E-state index contributed by atoms with van der Waals surface area (Å²) in [6, 6.07) is 1.26. The third-order valence-corrected chi connectivity index (χ3v) is 2.83. The van der Waals surface area contributed by atoms with Crippen LogP contribution < -0.4 is 0 Å².